The van der Waals surface area contributed by atoms with Crippen molar-refractivity contribution in [2.24, 2.45) is 17.3 Å². The Morgan fingerprint density at radius 1 is 1.34 bits per heavy atom. The van der Waals surface area contributed by atoms with Crippen LogP contribution >= 0.6 is 11.6 Å². The monoisotopic (exact) mass is 534 g/mol. The molecule has 38 heavy (non-hydrogen) atoms. The van der Waals surface area contributed by atoms with Crippen LogP contribution < -0.4 is 16.2 Å². The lowest BCUT2D eigenvalue weighted by atomic mass is 9.46. The van der Waals surface area contributed by atoms with E-state index in [4.69, 9.17) is 20.9 Å². The molecule has 10 heteroatoms. The molecule has 3 unspecified atom stereocenters. The third-order valence-corrected chi connectivity index (χ3v) is 9.30. The van der Waals surface area contributed by atoms with E-state index >= 15 is 0 Å². The van der Waals surface area contributed by atoms with Gasteiger partial charge in [0.2, 0.25) is 5.91 Å². The minimum absolute atomic E-state index is 0.0836. The van der Waals surface area contributed by atoms with Crippen molar-refractivity contribution in [2.75, 3.05) is 5.32 Å². The van der Waals surface area contributed by atoms with Crippen LogP contribution in [0.1, 0.15) is 51.8 Å². The van der Waals surface area contributed by atoms with Crippen LogP contribution in [0.25, 0.3) is 0 Å². The fraction of sp³-hybridized carbons (Fsp3) is 0.464. The summed E-state index contributed by atoms with van der Waals surface area (Å²) in [5, 5.41) is 6.36. The number of anilines is 2. The van der Waals surface area contributed by atoms with Crippen molar-refractivity contribution in [3.8, 4) is 0 Å². The van der Waals surface area contributed by atoms with Crippen molar-refractivity contribution in [3.63, 3.8) is 0 Å². The van der Waals surface area contributed by atoms with Gasteiger partial charge in [0, 0.05) is 5.69 Å². The van der Waals surface area contributed by atoms with E-state index in [1.165, 1.54) is 4.57 Å². The number of aromatic nitrogens is 2. The molecule has 3 heterocycles. The van der Waals surface area contributed by atoms with Crippen LogP contribution in [0.4, 0.5) is 11.5 Å². The molecule has 2 aliphatic heterocycles. The lowest BCUT2D eigenvalue weighted by Gasteiger charge is -2.60. The quantitative estimate of drug-likeness (QED) is 0.399. The largest absolute Gasteiger partial charge is 0.550 e. The Hall–Kier alpha value is -3.04. The van der Waals surface area contributed by atoms with Crippen molar-refractivity contribution < 1.29 is 14.1 Å². The molecule has 2 aromatic rings. The van der Waals surface area contributed by atoms with Crippen LogP contribution in [0, 0.1) is 17.3 Å². The Bertz CT molecular complexity index is 1390. The van der Waals surface area contributed by atoms with E-state index in [-0.39, 0.29) is 27.9 Å². The Balaban J connectivity index is 1.23. The minimum atomic E-state index is -0.716. The number of carbonyl (C=O) groups excluding carboxylic acids is 1. The number of para-hydroxylation sites is 1. The minimum Gasteiger partial charge on any atom is -0.536 e. The van der Waals surface area contributed by atoms with Gasteiger partial charge in [0.05, 0.1) is 11.6 Å². The molecule has 0 spiro atoms. The van der Waals surface area contributed by atoms with Crippen LogP contribution in [0.3, 0.4) is 0 Å². The number of hydrogen-bond acceptors (Lipinski definition) is 6. The Morgan fingerprint density at radius 3 is 2.82 bits per heavy atom. The molecular formula is C28H32BClN4O4. The number of allylic oxidation sites excluding steroid dienone is 1. The smallest absolute Gasteiger partial charge is 0.536 e. The zero-order valence-corrected chi connectivity index (χ0v) is 22.6. The second kappa shape index (κ2) is 9.02. The molecule has 3 aliphatic carbocycles. The van der Waals surface area contributed by atoms with Crippen LogP contribution in [-0.4, -0.2) is 34.1 Å². The van der Waals surface area contributed by atoms with E-state index in [2.05, 4.69) is 49.0 Å². The molecule has 5 aliphatic rings. The molecule has 8 nitrogen and oxygen atoms in total. The van der Waals surface area contributed by atoms with Crippen LogP contribution in [0.15, 0.2) is 59.6 Å². The first-order chi connectivity index (χ1) is 18.1. The van der Waals surface area contributed by atoms with Crippen molar-refractivity contribution in [2.45, 2.75) is 64.0 Å². The van der Waals surface area contributed by atoms with E-state index in [0.717, 1.165) is 12.2 Å². The lowest BCUT2D eigenvalue weighted by Crippen LogP contribution is -2.59. The molecule has 1 amide bonds. The molecule has 2 bridgehead atoms. The molecule has 1 aromatic heterocycles. The topological polar surface area (TPSA) is 94.5 Å². The van der Waals surface area contributed by atoms with Gasteiger partial charge in [-0.25, -0.2) is 4.98 Å². The molecular weight excluding hydrogens is 503 g/mol. The van der Waals surface area contributed by atoms with Gasteiger partial charge in [-0.1, -0.05) is 49.7 Å². The van der Waals surface area contributed by atoms with Crippen molar-refractivity contribution in [1.82, 2.24) is 14.9 Å². The predicted octanol–water partition coefficient (Wildman–Crippen LogP) is 4.58. The van der Waals surface area contributed by atoms with E-state index in [9.17, 15) is 9.59 Å². The number of fused-ring (bicyclic) bond motifs is 1. The summed E-state index contributed by atoms with van der Waals surface area (Å²) in [4.78, 5) is 31.4. The van der Waals surface area contributed by atoms with E-state index < -0.39 is 24.7 Å². The molecule has 1 aromatic carbocycles. The Morgan fingerprint density at radius 2 is 2.11 bits per heavy atom. The molecule has 198 valence electrons. The van der Waals surface area contributed by atoms with Gasteiger partial charge in [-0.05, 0) is 68.1 Å². The Labute approximate surface area is 227 Å². The van der Waals surface area contributed by atoms with E-state index in [1.54, 1.807) is 6.08 Å². The van der Waals surface area contributed by atoms with E-state index in [0.29, 0.717) is 42.5 Å². The first-order valence-electron chi connectivity index (χ1n) is 13.2. The number of benzene rings is 1. The number of carbonyl (C=O) groups is 1. The highest BCUT2D eigenvalue weighted by atomic mass is 35.5. The first-order valence-corrected chi connectivity index (χ1v) is 13.6. The summed E-state index contributed by atoms with van der Waals surface area (Å²) < 4.78 is 14.3. The van der Waals surface area contributed by atoms with Crippen molar-refractivity contribution >= 4 is 36.1 Å². The van der Waals surface area contributed by atoms with Gasteiger partial charge >= 0.3 is 7.12 Å². The summed E-state index contributed by atoms with van der Waals surface area (Å²) in [5.74, 6) is 1.04. The summed E-state index contributed by atoms with van der Waals surface area (Å²) in [6, 6.07) is 8.54. The fourth-order valence-corrected chi connectivity index (χ4v) is 7.01. The van der Waals surface area contributed by atoms with Gasteiger partial charge in [-0.3, -0.25) is 14.2 Å². The molecule has 2 N–H and O–H groups in total. The highest BCUT2D eigenvalue weighted by molar-refractivity contribution is 6.48. The summed E-state index contributed by atoms with van der Waals surface area (Å²) in [5.41, 5.74) is 0.530. The number of nitrogens with one attached hydrogen (secondary N) is 2. The third kappa shape index (κ3) is 3.81. The number of amides is 1. The normalized spacial score (nSPS) is 28.8. The van der Waals surface area contributed by atoms with Crippen LogP contribution in [-0.2, 0) is 20.5 Å². The molecule has 1 saturated carbocycles. The maximum Gasteiger partial charge on any atom is 0.550 e. The van der Waals surface area contributed by atoms with Gasteiger partial charge in [-0.15, -0.1) is 6.58 Å². The standard InChI is InChI=1S/C28H32BClN4O4/c1-5-9-22(29-37-21-15-16-14-20(27(16,2)3)28(21,4)38-29)32-25(35)19-13-12-18-23(30)33-24(26(36)34(18)19)31-17-10-7-6-8-11-17/h5-8,10-11,15-16,19-20,22H,1,9,12-14H2,2-4H3,(H,31,33)(H,32,35)/t16?,19-,20?,22-,28?/m0/s1. The SMILES string of the molecule is C=CC[C@H](NC(=O)[C@@H]1CCc2c(Cl)nc(Nc3ccccc3)c(=O)n21)B1OC2=CC3CC(C2(C)O1)C3(C)C. The summed E-state index contributed by atoms with van der Waals surface area (Å²) in [6.45, 7) is 10.5. The molecule has 0 radical (unpaired) electrons. The maximum absolute atomic E-state index is 13.6. The predicted molar refractivity (Wildman–Crippen MR) is 147 cm³/mol. The van der Waals surface area contributed by atoms with Crippen molar-refractivity contribution in [1.29, 1.82) is 0 Å². The molecule has 5 atom stereocenters. The first kappa shape index (κ1) is 25.3. The van der Waals surface area contributed by atoms with Gasteiger partial charge in [0.1, 0.15) is 17.4 Å². The maximum atomic E-state index is 13.6. The number of hydrogen-bond donors (Lipinski definition) is 2. The second-order valence-corrected chi connectivity index (χ2v) is 11.9. The average Bonchev–Trinajstić information content (AvgIpc) is 3.49. The number of rotatable bonds is 7. The van der Waals surface area contributed by atoms with Gasteiger partial charge in [0.15, 0.2) is 11.0 Å². The van der Waals surface area contributed by atoms with Gasteiger partial charge < -0.3 is 19.9 Å². The van der Waals surface area contributed by atoms with Gasteiger partial charge in [-0.2, -0.15) is 0 Å². The number of nitrogens with zero attached hydrogens (tertiary/aromatic N) is 2. The molecule has 7 rings (SSSR count). The number of halogens is 1. The highest BCUT2D eigenvalue weighted by Gasteiger charge is 2.66. The van der Waals surface area contributed by atoms with Crippen LogP contribution in [0.5, 0.6) is 0 Å². The molecule has 2 fully saturated rings. The summed E-state index contributed by atoms with van der Waals surface area (Å²) in [6.07, 6.45) is 6.43. The van der Waals surface area contributed by atoms with E-state index in [1.807, 2.05) is 30.3 Å². The summed E-state index contributed by atoms with van der Waals surface area (Å²) >= 11 is 6.47. The summed E-state index contributed by atoms with van der Waals surface area (Å²) in [7, 11) is -0.641. The van der Waals surface area contributed by atoms with Crippen LogP contribution in [0.2, 0.25) is 5.15 Å². The fourth-order valence-electron chi connectivity index (χ4n) is 6.73. The van der Waals surface area contributed by atoms with Crippen molar-refractivity contribution in [3.05, 3.63) is 76.0 Å². The zero-order valence-electron chi connectivity index (χ0n) is 21.9. The third-order valence-electron chi connectivity index (χ3n) is 9.00. The average molecular weight is 535 g/mol. The van der Waals surface area contributed by atoms with Gasteiger partial charge in [0.25, 0.3) is 5.56 Å². The zero-order chi connectivity index (χ0) is 26.8. The highest BCUT2D eigenvalue weighted by Crippen LogP contribution is 2.64. The Kier molecular flexibility index (Phi) is 6.00. The molecule has 1 saturated heterocycles. The lowest BCUT2D eigenvalue weighted by molar-refractivity contribution is -0.125. The second-order valence-electron chi connectivity index (χ2n) is 11.5.